The highest BCUT2D eigenvalue weighted by Crippen LogP contribution is 2.19. The lowest BCUT2D eigenvalue weighted by atomic mass is 9.87. The summed E-state index contributed by atoms with van der Waals surface area (Å²) >= 11 is 0. The highest BCUT2D eigenvalue weighted by atomic mass is 16.3. The highest BCUT2D eigenvalue weighted by Gasteiger charge is 2.32. The minimum atomic E-state index is -1.32. The molecule has 1 rings (SSSR count). The lowest BCUT2D eigenvalue weighted by Gasteiger charge is -2.26. The number of carbonyl (C=O) groups excluding carboxylic acids is 2. The van der Waals surface area contributed by atoms with Gasteiger partial charge in [0.05, 0.1) is 25.9 Å². The first-order valence-electron chi connectivity index (χ1n) is 8.38. The van der Waals surface area contributed by atoms with Crippen LogP contribution in [0.1, 0.15) is 39.8 Å². The van der Waals surface area contributed by atoms with Crippen molar-refractivity contribution in [2.75, 3.05) is 13.2 Å². The topological polar surface area (TPSA) is 129 Å². The Kier molecular flexibility index (Phi) is 7.98. The van der Waals surface area contributed by atoms with Crippen molar-refractivity contribution in [2.45, 2.75) is 53.3 Å². The van der Waals surface area contributed by atoms with Gasteiger partial charge in [-0.3, -0.25) is 14.3 Å². The second kappa shape index (κ2) is 9.47. The maximum absolute atomic E-state index is 11.9. The monoisotopic (exact) mass is 355 g/mol. The van der Waals surface area contributed by atoms with Gasteiger partial charge in [0, 0.05) is 18.4 Å². The molecule has 0 spiro atoms. The van der Waals surface area contributed by atoms with Crippen molar-refractivity contribution in [2.24, 2.45) is 11.3 Å². The van der Waals surface area contributed by atoms with Crippen molar-refractivity contribution in [1.29, 1.82) is 0 Å². The molecule has 0 saturated heterocycles. The van der Waals surface area contributed by atoms with Crippen molar-refractivity contribution in [3.63, 3.8) is 0 Å². The largest absolute Gasteiger partial charge is 0.396 e. The van der Waals surface area contributed by atoms with Gasteiger partial charge in [-0.25, -0.2) is 0 Å². The molecule has 142 valence electrons. The fourth-order valence-corrected chi connectivity index (χ4v) is 2.00. The van der Waals surface area contributed by atoms with Gasteiger partial charge in [-0.05, 0) is 5.92 Å². The Morgan fingerprint density at radius 2 is 2.00 bits per heavy atom. The maximum Gasteiger partial charge on any atom is 0.249 e. The molecule has 9 nitrogen and oxygen atoms in total. The fraction of sp³-hybridized carbons (Fsp3) is 0.750. The van der Waals surface area contributed by atoms with Crippen LogP contribution in [0, 0.1) is 11.3 Å². The van der Waals surface area contributed by atoms with Crippen molar-refractivity contribution >= 4 is 11.8 Å². The molecule has 1 atom stereocenters. The Morgan fingerprint density at radius 3 is 2.60 bits per heavy atom. The number of aliphatic hydroxyl groups is 2. The third kappa shape index (κ3) is 7.18. The summed E-state index contributed by atoms with van der Waals surface area (Å²) in [6.45, 7) is 7.90. The van der Waals surface area contributed by atoms with Crippen LogP contribution in [0.5, 0.6) is 0 Å². The molecule has 0 aromatic carbocycles. The molecule has 1 aromatic heterocycles. The van der Waals surface area contributed by atoms with Gasteiger partial charge in [0.15, 0.2) is 0 Å². The van der Waals surface area contributed by atoms with Crippen molar-refractivity contribution in [1.82, 2.24) is 25.6 Å². The van der Waals surface area contributed by atoms with E-state index in [1.54, 1.807) is 24.7 Å². The molecule has 9 heteroatoms. The Labute approximate surface area is 147 Å². The molecule has 0 saturated carbocycles. The first-order chi connectivity index (χ1) is 11.7. The van der Waals surface area contributed by atoms with Crippen LogP contribution in [0.15, 0.2) is 6.20 Å². The van der Waals surface area contributed by atoms with Gasteiger partial charge in [-0.2, -0.15) is 0 Å². The number of amides is 2. The van der Waals surface area contributed by atoms with Gasteiger partial charge in [0.1, 0.15) is 11.8 Å². The number of aliphatic hydroxyl groups excluding tert-OH is 2. The van der Waals surface area contributed by atoms with E-state index >= 15 is 0 Å². The smallest absolute Gasteiger partial charge is 0.249 e. The molecule has 0 aliphatic rings. The zero-order valence-electron chi connectivity index (χ0n) is 15.3. The van der Waals surface area contributed by atoms with Crippen molar-refractivity contribution in [3.8, 4) is 0 Å². The Bertz CT molecular complexity index is 571. The number of nitrogens with one attached hydrogen (secondary N) is 2. The van der Waals surface area contributed by atoms with Crippen LogP contribution in [-0.2, 0) is 22.7 Å². The molecule has 0 aliphatic carbocycles. The van der Waals surface area contributed by atoms with E-state index in [1.807, 2.05) is 13.8 Å². The van der Waals surface area contributed by atoms with Crippen LogP contribution in [-0.4, -0.2) is 56.3 Å². The summed E-state index contributed by atoms with van der Waals surface area (Å²) in [6.07, 6.45) is 0.836. The normalized spacial score (nSPS) is 12.9. The Balaban J connectivity index is 2.38. The molecular formula is C16H29N5O4. The molecule has 0 bridgehead atoms. The highest BCUT2D eigenvalue weighted by molar-refractivity contribution is 5.81. The van der Waals surface area contributed by atoms with Crippen LogP contribution >= 0.6 is 0 Å². The van der Waals surface area contributed by atoms with Gasteiger partial charge < -0.3 is 20.8 Å². The number of nitrogens with zero attached hydrogens (tertiary/aromatic N) is 3. The summed E-state index contributed by atoms with van der Waals surface area (Å²) in [5.41, 5.74) is -0.383. The van der Waals surface area contributed by atoms with Crippen LogP contribution in [0.25, 0.3) is 0 Å². The number of hydrogen-bond acceptors (Lipinski definition) is 6. The summed E-state index contributed by atoms with van der Waals surface area (Å²) in [4.78, 5) is 23.4. The molecule has 0 radical (unpaired) electrons. The number of hydrogen-bond donors (Lipinski definition) is 4. The second-order valence-electron chi connectivity index (χ2n) is 7.19. The van der Waals surface area contributed by atoms with Gasteiger partial charge in [-0.1, -0.05) is 32.9 Å². The Morgan fingerprint density at radius 1 is 1.32 bits per heavy atom. The molecule has 25 heavy (non-hydrogen) atoms. The lowest BCUT2D eigenvalue weighted by Crippen LogP contribution is -2.45. The first-order valence-corrected chi connectivity index (χ1v) is 8.38. The van der Waals surface area contributed by atoms with Crippen LogP contribution in [0.3, 0.4) is 0 Å². The zero-order valence-corrected chi connectivity index (χ0v) is 15.3. The predicted octanol–water partition coefficient (Wildman–Crippen LogP) is -0.564. The number of rotatable bonds is 10. The summed E-state index contributed by atoms with van der Waals surface area (Å²) in [7, 11) is 0. The molecular weight excluding hydrogens is 326 g/mol. The van der Waals surface area contributed by atoms with E-state index in [4.69, 9.17) is 0 Å². The number of aromatic nitrogens is 3. The van der Waals surface area contributed by atoms with Gasteiger partial charge in [0.2, 0.25) is 11.8 Å². The second-order valence-corrected chi connectivity index (χ2v) is 7.19. The lowest BCUT2D eigenvalue weighted by molar-refractivity contribution is -0.137. The molecule has 4 N–H and O–H groups in total. The molecule has 0 aliphatic heterocycles. The van der Waals surface area contributed by atoms with Crippen molar-refractivity contribution < 1.29 is 19.8 Å². The quantitative estimate of drug-likeness (QED) is 0.445. The molecule has 2 amide bonds. The predicted molar refractivity (Wildman–Crippen MR) is 91.2 cm³/mol. The van der Waals surface area contributed by atoms with Gasteiger partial charge >= 0.3 is 0 Å². The third-order valence-corrected chi connectivity index (χ3v) is 3.68. The van der Waals surface area contributed by atoms with Crippen LogP contribution in [0.2, 0.25) is 0 Å². The summed E-state index contributed by atoms with van der Waals surface area (Å²) in [5.74, 6) is -0.259. The van der Waals surface area contributed by atoms with E-state index in [0.717, 1.165) is 0 Å². The molecule has 1 heterocycles. The average Bonchev–Trinajstić information content (AvgIpc) is 2.99. The summed E-state index contributed by atoms with van der Waals surface area (Å²) in [6, 6.07) is 0. The molecule has 1 aromatic rings. The van der Waals surface area contributed by atoms with Gasteiger partial charge in [0.25, 0.3) is 0 Å². The maximum atomic E-state index is 11.9. The van der Waals surface area contributed by atoms with E-state index in [1.165, 1.54) is 0 Å². The Hall–Kier alpha value is -2.00. The number of carbonyl (C=O) groups is 2. The van der Waals surface area contributed by atoms with E-state index in [-0.39, 0.29) is 19.1 Å². The SMILES string of the molecule is CC(C)CC(=O)NCCn1cc(CNC(=O)[C@H](O)C(C)(C)CO)nn1. The van der Waals surface area contributed by atoms with E-state index in [9.17, 15) is 19.8 Å². The summed E-state index contributed by atoms with van der Waals surface area (Å²) in [5, 5.41) is 32.3. The minimum absolute atomic E-state index is 0.00286. The van der Waals surface area contributed by atoms with Crippen molar-refractivity contribution in [3.05, 3.63) is 11.9 Å². The fourth-order valence-electron chi connectivity index (χ4n) is 2.00. The van der Waals surface area contributed by atoms with E-state index < -0.39 is 17.4 Å². The van der Waals surface area contributed by atoms with Gasteiger partial charge in [-0.15, -0.1) is 5.10 Å². The average molecular weight is 355 g/mol. The first kappa shape index (κ1) is 21.0. The molecule has 0 unspecified atom stereocenters. The zero-order chi connectivity index (χ0) is 19.0. The van der Waals surface area contributed by atoms with Crippen LogP contribution in [0.4, 0.5) is 0 Å². The van der Waals surface area contributed by atoms with Crippen LogP contribution < -0.4 is 10.6 Å². The summed E-state index contributed by atoms with van der Waals surface area (Å²) < 4.78 is 1.57. The standard InChI is InChI=1S/C16H29N5O4/c1-11(2)7-13(23)17-5-6-21-9-12(19-20-21)8-18-15(25)14(24)16(3,4)10-22/h9,11,14,22,24H,5-8,10H2,1-4H3,(H,17,23)(H,18,25)/t14-/m0/s1. The van der Waals surface area contributed by atoms with E-state index in [0.29, 0.717) is 31.1 Å². The molecule has 0 fully saturated rings. The minimum Gasteiger partial charge on any atom is -0.396 e. The third-order valence-electron chi connectivity index (χ3n) is 3.68. The van der Waals surface area contributed by atoms with E-state index in [2.05, 4.69) is 20.9 Å².